The molecule has 2 amide bonds. The van der Waals surface area contributed by atoms with Crippen LogP contribution in [0.4, 0.5) is 10.5 Å². The average Bonchev–Trinajstić information content (AvgIpc) is 2.97. The molecule has 3 rings (SSSR count). The van der Waals surface area contributed by atoms with Crippen molar-refractivity contribution in [2.75, 3.05) is 5.32 Å². The number of carboxylic acid groups (broad SMARTS) is 1. The van der Waals surface area contributed by atoms with Crippen molar-refractivity contribution in [3.05, 3.63) is 59.9 Å². The SMILES string of the molecule is NC(=O)Nc1ccnc2[nH]cc(/C=C(/C(=O)O)c3ccccc3)c12. The molecule has 0 bridgehead atoms. The Labute approximate surface area is 136 Å². The molecule has 0 fully saturated rings. The maximum atomic E-state index is 11.6. The van der Waals surface area contributed by atoms with E-state index in [4.69, 9.17) is 5.73 Å². The summed E-state index contributed by atoms with van der Waals surface area (Å²) in [5.41, 5.74) is 7.45. The molecule has 0 saturated heterocycles. The zero-order valence-electron chi connectivity index (χ0n) is 12.5. The number of hydrogen-bond donors (Lipinski definition) is 4. The third-order valence-electron chi connectivity index (χ3n) is 3.48. The summed E-state index contributed by atoms with van der Waals surface area (Å²) in [6.45, 7) is 0. The lowest BCUT2D eigenvalue weighted by Crippen LogP contribution is -2.19. The van der Waals surface area contributed by atoms with Crippen LogP contribution in [0.15, 0.2) is 48.8 Å². The summed E-state index contributed by atoms with van der Waals surface area (Å²) in [7, 11) is 0. The van der Waals surface area contributed by atoms with Gasteiger partial charge in [0.1, 0.15) is 5.65 Å². The minimum Gasteiger partial charge on any atom is -0.478 e. The Kier molecular flexibility index (Phi) is 3.98. The number of carbonyl (C=O) groups is 2. The van der Waals surface area contributed by atoms with E-state index < -0.39 is 12.0 Å². The third kappa shape index (κ3) is 2.95. The Hall–Kier alpha value is -3.61. The number of nitrogens with one attached hydrogen (secondary N) is 2. The van der Waals surface area contributed by atoms with Gasteiger partial charge in [-0.15, -0.1) is 0 Å². The molecule has 0 saturated carbocycles. The molecule has 1 aromatic carbocycles. The van der Waals surface area contributed by atoms with Crippen LogP contribution >= 0.6 is 0 Å². The number of hydrogen-bond acceptors (Lipinski definition) is 3. The number of benzene rings is 1. The minimum atomic E-state index is -1.05. The number of nitrogens with two attached hydrogens (primary N) is 1. The molecule has 7 nitrogen and oxygen atoms in total. The van der Waals surface area contributed by atoms with Crippen LogP contribution < -0.4 is 11.1 Å². The van der Waals surface area contributed by atoms with Gasteiger partial charge in [0.2, 0.25) is 0 Å². The summed E-state index contributed by atoms with van der Waals surface area (Å²) in [6, 6.07) is 9.67. The van der Waals surface area contributed by atoms with Gasteiger partial charge in [-0.3, -0.25) is 0 Å². The summed E-state index contributed by atoms with van der Waals surface area (Å²) >= 11 is 0. The number of amides is 2. The topological polar surface area (TPSA) is 121 Å². The van der Waals surface area contributed by atoms with E-state index in [2.05, 4.69) is 15.3 Å². The first-order valence-electron chi connectivity index (χ1n) is 7.09. The van der Waals surface area contributed by atoms with Crippen LogP contribution in [0.2, 0.25) is 0 Å². The molecule has 2 heterocycles. The number of carbonyl (C=O) groups excluding carboxylic acids is 1. The van der Waals surface area contributed by atoms with Crippen molar-refractivity contribution in [2.45, 2.75) is 0 Å². The Bertz CT molecular complexity index is 945. The van der Waals surface area contributed by atoms with Gasteiger partial charge >= 0.3 is 12.0 Å². The van der Waals surface area contributed by atoms with E-state index in [-0.39, 0.29) is 5.57 Å². The van der Waals surface area contributed by atoms with Crippen LogP contribution in [0.3, 0.4) is 0 Å². The number of fused-ring (bicyclic) bond motifs is 1. The zero-order valence-corrected chi connectivity index (χ0v) is 12.5. The lowest BCUT2D eigenvalue weighted by atomic mass is 10.0. The van der Waals surface area contributed by atoms with Gasteiger partial charge in [0.15, 0.2) is 0 Å². The van der Waals surface area contributed by atoms with Gasteiger partial charge in [-0.05, 0) is 17.7 Å². The lowest BCUT2D eigenvalue weighted by Gasteiger charge is -2.05. The Balaban J connectivity index is 2.18. The Morgan fingerprint density at radius 1 is 1.21 bits per heavy atom. The van der Waals surface area contributed by atoms with Gasteiger partial charge in [-0.25, -0.2) is 14.6 Å². The largest absolute Gasteiger partial charge is 0.478 e. The molecule has 0 radical (unpaired) electrons. The number of urea groups is 1. The van der Waals surface area contributed by atoms with Gasteiger partial charge in [-0.1, -0.05) is 30.3 Å². The number of anilines is 1. The van der Waals surface area contributed by atoms with Crippen molar-refractivity contribution >= 4 is 40.4 Å². The molecule has 7 heteroatoms. The second-order valence-corrected chi connectivity index (χ2v) is 5.04. The first-order valence-corrected chi connectivity index (χ1v) is 7.09. The molecule has 0 unspecified atom stereocenters. The van der Waals surface area contributed by atoms with Crippen molar-refractivity contribution < 1.29 is 14.7 Å². The van der Waals surface area contributed by atoms with E-state index in [1.165, 1.54) is 12.3 Å². The Morgan fingerprint density at radius 3 is 2.62 bits per heavy atom. The van der Waals surface area contributed by atoms with Gasteiger partial charge in [0.25, 0.3) is 0 Å². The number of rotatable bonds is 4. The second kappa shape index (κ2) is 6.25. The maximum Gasteiger partial charge on any atom is 0.336 e. The quantitative estimate of drug-likeness (QED) is 0.552. The second-order valence-electron chi connectivity index (χ2n) is 5.04. The summed E-state index contributed by atoms with van der Waals surface area (Å²) < 4.78 is 0. The number of carboxylic acids is 1. The maximum absolute atomic E-state index is 11.6. The van der Waals surface area contributed by atoms with E-state index in [1.54, 1.807) is 36.5 Å². The molecule has 120 valence electrons. The molecule has 0 aliphatic rings. The van der Waals surface area contributed by atoms with Crippen LogP contribution in [0.5, 0.6) is 0 Å². The summed E-state index contributed by atoms with van der Waals surface area (Å²) in [5, 5.41) is 12.6. The fourth-order valence-electron chi connectivity index (χ4n) is 2.47. The van der Waals surface area contributed by atoms with Gasteiger partial charge < -0.3 is 21.1 Å². The van der Waals surface area contributed by atoms with Gasteiger partial charge in [0.05, 0.1) is 11.3 Å². The van der Waals surface area contributed by atoms with Crippen LogP contribution in [-0.4, -0.2) is 27.1 Å². The predicted molar refractivity (Wildman–Crippen MR) is 91.2 cm³/mol. The smallest absolute Gasteiger partial charge is 0.336 e. The molecular weight excluding hydrogens is 308 g/mol. The van der Waals surface area contributed by atoms with Crippen LogP contribution in [0.1, 0.15) is 11.1 Å². The number of pyridine rings is 1. The highest BCUT2D eigenvalue weighted by atomic mass is 16.4. The summed E-state index contributed by atoms with van der Waals surface area (Å²) in [6.07, 6.45) is 4.69. The number of aromatic amines is 1. The zero-order chi connectivity index (χ0) is 17.1. The molecule has 0 aliphatic carbocycles. The molecule has 0 aliphatic heterocycles. The fourth-order valence-corrected chi connectivity index (χ4v) is 2.47. The van der Waals surface area contributed by atoms with Crippen LogP contribution in [0, 0.1) is 0 Å². The molecule has 24 heavy (non-hydrogen) atoms. The highest BCUT2D eigenvalue weighted by Gasteiger charge is 2.14. The van der Waals surface area contributed by atoms with Crippen LogP contribution in [-0.2, 0) is 4.79 Å². The Morgan fingerprint density at radius 2 is 1.96 bits per heavy atom. The first-order chi connectivity index (χ1) is 11.6. The van der Waals surface area contributed by atoms with Gasteiger partial charge in [0, 0.05) is 23.3 Å². The average molecular weight is 322 g/mol. The summed E-state index contributed by atoms with van der Waals surface area (Å²) in [4.78, 5) is 29.9. The van der Waals surface area contributed by atoms with E-state index in [9.17, 15) is 14.7 Å². The number of nitrogens with zero attached hydrogens (tertiary/aromatic N) is 1. The number of aliphatic carboxylic acids is 1. The van der Waals surface area contributed by atoms with Crippen molar-refractivity contribution in [1.82, 2.24) is 9.97 Å². The normalized spacial score (nSPS) is 11.4. The fraction of sp³-hybridized carbons (Fsp3) is 0. The van der Waals surface area contributed by atoms with Gasteiger partial charge in [-0.2, -0.15) is 0 Å². The molecule has 3 aromatic rings. The van der Waals surface area contributed by atoms with E-state index in [0.29, 0.717) is 27.8 Å². The highest BCUT2D eigenvalue weighted by Crippen LogP contribution is 2.28. The monoisotopic (exact) mass is 322 g/mol. The van der Waals surface area contributed by atoms with E-state index >= 15 is 0 Å². The third-order valence-corrected chi connectivity index (χ3v) is 3.48. The predicted octanol–water partition coefficient (Wildman–Crippen LogP) is 2.68. The number of aromatic nitrogens is 2. The van der Waals surface area contributed by atoms with E-state index in [0.717, 1.165) is 0 Å². The number of H-pyrrole nitrogens is 1. The molecule has 2 aromatic heterocycles. The van der Waals surface area contributed by atoms with Crippen molar-refractivity contribution in [1.29, 1.82) is 0 Å². The number of primary amides is 1. The first kappa shape index (κ1) is 15.3. The minimum absolute atomic E-state index is 0.130. The molecule has 0 atom stereocenters. The highest BCUT2D eigenvalue weighted by molar-refractivity contribution is 6.22. The molecule has 0 spiro atoms. The van der Waals surface area contributed by atoms with E-state index in [1.807, 2.05) is 6.07 Å². The lowest BCUT2D eigenvalue weighted by molar-refractivity contribution is -0.130. The van der Waals surface area contributed by atoms with Crippen molar-refractivity contribution in [3.63, 3.8) is 0 Å². The van der Waals surface area contributed by atoms with Crippen molar-refractivity contribution in [3.8, 4) is 0 Å². The van der Waals surface area contributed by atoms with Crippen molar-refractivity contribution in [2.24, 2.45) is 5.73 Å². The molecule has 5 N–H and O–H groups in total. The summed E-state index contributed by atoms with van der Waals surface area (Å²) in [5.74, 6) is -1.05. The molecular formula is C17H14N4O3. The standard InChI is InChI=1S/C17H14N4O3/c18-17(24)21-13-6-7-19-15-14(13)11(9-20-15)8-12(16(22)23)10-4-2-1-3-5-10/h1-9H,(H,22,23)(H4,18,19,20,21,24)/b12-8+. The van der Waals surface area contributed by atoms with Crippen LogP contribution in [0.25, 0.3) is 22.7 Å².